The fraction of sp³-hybridized carbons (Fsp3) is 0.250. The second-order valence-electron chi connectivity index (χ2n) is 7.98. The molecule has 8 bridgehead atoms. The molecular weight excluding hydrogens is 376 g/mol. The van der Waals surface area contributed by atoms with Crippen LogP contribution in [0.1, 0.15) is 57.3 Å². The molecule has 2 aliphatic rings. The van der Waals surface area contributed by atoms with Crippen LogP contribution in [0, 0.1) is 0 Å². The van der Waals surface area contributed by atoms with E-state index in [0.717, 1.165) is 70.5 Å². The molecule has 5 heterocycles. The van der Waals surface area contributed by atoms with Crippen LogP contribution >= 0.6 is 0 Å². The maximum atomic E-state index is 12.1. The standard InChI is InChI=1S/C24H22N4O2/c1-13(29)21-9-19-7-15-4-6-18(26-15)12-24-22(14(2)30)10-20(28-24)8-16-3-5-17(25-16)11-23(21)27-19/h7-12,27-28H,3-6H2,1-2H3. The molecule has 3 aromatic rings. The number of H-pyrrole nitrogens is 2. The van der Waals surface area contributed by atoms with Crippen LogP contribution in [-0.4, -0.2) is 31.5 Å². The first kappa shape index (κ1) is 18.5. The minimum absolute atomic E-state index is 0.0220. The Labute approximate surface area is 173 Å². The molecule has 0 aliphatic carbocycles. The molecule has 3 aromatic heterocycles. The Hall–Kier alpha value is -3.54. The predicted molar refractivity (Wildman–Crippen MR) is 116 cm³/mol. The van der Waals surface area contributed by atoms with Crippen molar-refractivity contribution in [3.8, 4) is 0 Å². The summed E-state index contributed by atoms with van der Waals surface area (Å²) in [6.45, 7) is 3.16. The van der Waals surface area contributed by atoms with E-state index in [4.69, 9.17) is 9.97 Å². The third kappa shape index (κ3) is 3.45. The van der Waals surface area contributed by atoms with Crippen molar-refractivity contribution in [2.75, 3.05) is 0 Å². The fourth-order valence-corrected chi connectivity index (χ4v) is 4.16. The van der Waals surface area contributed by atoms with Crippen LogP contribution in [0.4, 0.5) is 0 Å². The van der Waals surface area contributed by atoms with Gasteiger partial charge >= 0.3 is 0 Å². The fourth-order valence-electron chi connectivity index (χ4n) is 4.16. The molecule has 2 N–H and O–H groups in total. The molecule has 150 valence electrons. The summed E-state index contributed by atoms with van der Waals surface area (Å²) in [4.78, 5) is 40.5. The van der Waals surface area contributed by atoms with E-state index in [1.807, 2.05) is 36.4 Å². The number of hydrogen-bond donors (Lipinski definition) is 2. The zero-order valence-corrected chi connectivity index (χ0v) is 17.0. The van der Waals surface area contributed by atoms with E-state index in [9.17, 15) is 9.59 Å². The van der Waals surface area contributed by atoms with E-state index in [0.29, 0.717) is 11.1 Å². The highest BCUT2D eigenvalue weighted by Crippen LogP contribution is 2.21. The van der Waals surface area contributed by atoms with Crippen LogP contribution in [0.5, 0.6) is 0 Å². The lowest BCUT2D eigenvalue weighted by Gasteiger charge is -1.90. The van der Waals surface area contributed by atoms with Gasteiger partial charge < -0.3 is 9.97 Å². The Morgan fingerprint density at radius 3 is 1.37 bits per heavy atom. The third-order valence-electron chi connectivity index (χ3n) is 5.61. The number of fused-ring (bicyclic) bond motifs is 8. The predicted octanol–water partition coefficient (Wildman–Crippen LogP) is 4.29. The molecule has 30 heavy (non-hydrogen) atoms. The number of aromatic amines is 2. The minimum atomic E-state index is 0.0220. The van der Waals surface area contributed by atoms with Gasteiger partial charge in [-0.05, 0) is 75.9 Å². The van der Waals surface area contributed by atoms with E-state index in [-0.39, 0.29) is 11.6 Å². The second kappa shape index (κ2) is 7.06. The molecule has 0 aromatic carbocycles. The van der Waals surface area contributed by atoms with Crippen molar-refractivity contribution in [3.05, 3.63) is 70.3 Å². The highest BCUT2D eigenvalue weighted by atomic mass is 16.1. The summed E-state index contributed by atoms with van der Waals surface area (Å²) in [6.07, 6.45) is 3.26. The quantitative estimate of drug-likeness (QED) is 0.630. The van der Waals surface area contributed by atoms with E-state index < -0.39 is 0 Å². The Bertz CT molecular complexity index is 1260. The van der Waals surface area contributed by atoms with E-state index >= 15 is 0 Å². The van der Waals surface area contributed by atoms with Crippen molar-refractivity contribution in [2.24, 2.45) is 0 Å². The van der Waals surface area contributed by atoms with Crippen molar-refractivity contribution < 1.29 is 9.59 Å². The molecule has 6 heteroatoms. The summed E-state index contributed by atoms with van der Waals surface area (Å²) >= 11 is 0. The molecule has 0 spiro atoms. The molecule has 5 rings (SSSR count). The number of nitrogens with zero attached hydrogens (tertiary/aromatic N) is 2. The van der Waals surface area contributed by atoms with Gasteiger partial charge in [0.25, 0.3) is 0 Å². The van der Waals surface area contributed by atoms with Gasteiger partial charge in [-0.3, -0.25) is 19.6 Å². The third-order valence-corrected chi connectivity index (χ3v) is 5.61. The van der Waals surface area contributed by atoms with Gasteiger partial charge in [-0.1, -0.05) is 0 Å². The largest absolute Gasteiger partial charge is 0.355 e. The number of aromatic nitrogens is 4. The summed E-state index contributed by atoms with van der Waals surface area (Å²) in [5, 5.41) is 0. The molecule has 0 amide bonds. The lowest BCUT2D eigenvalue weighted by molar-refractivity contribution is 0.101. The van der Waals surface area contributed by atoms with Crippen molar-refractivity contribution in [1.82, 2.24) is 19.9 Å². The molecule has 2 aliphatic heterocycles. The first-order valence-corrected chi connectivity index (χ1v) is 10.2. The highest BCUT2D eigenvalue weighted by molar-refractivity contribution is 6.03. The number of aryl methyl sites for hydroxylation is 4. The normalized spacial score (nSPS) is 13.4. The molecule has 0 atom stereocenters. The smallest absolute Gasteiger partial charge is 0.161 e. The second-order valence-corrected chi connectivity index (χ2v) is 7.98. The molecule has 0 unspecified atom stereocenters. The number of carbonyl (C=O) groups excluding carboxylic acids is 2. The zero-order valence-electron chi connectivity index (χ0n) is 17.0. The van der Waals surface area contributed by atoms with Crippen molar-refractivity contribution in [1.29, 1.82) is 0 Å². The molecule has 6 nitrogen and oxygen atoms in total. The average molecular weight is 398 g/mol. The molecule has 0 radical (unpaired) electrons. The van der Waals surface area contributed by atoms with Gasteiger partial charge in [0.15, 0.2) is 11.6 Å². The van der Waals surface area contributed by atoms with Crippen LogP contribution in [0.2, 0.25) is 0 Å². The zero-order chi connectivity index (χ0) is 20.8. The van der Waals surface area contributed by atoms with E-state index in [2.05, 4.69) is 9.97 Å². The number of hydrogen-bond acceptors (Lipinski definition) is 4. The Morgan fingerprint density at radius 2 is 1.00 bits per heavy atom. The highest BCUT2D eigenvalue weighted by Gasteiger charge is 2.13. The van der Waals surface area contributed by atoms with Gasteiger partial charge in [0.05, 0.1) is 11.0 Å². The molecule has 0 saturated carbocycles. The monoisotopic (exact) mass is 398 g/mol. The lowest BCUT2D eigenvalue weighted by Crippen LogP contribution is -1.89. The van der Waals surface area contributed by atoms with Crippen LogP contribution in [-0.2, 0) is 25.7 Å². The first-order chi connectivity index (χ1) is 14.4. The number of rotatable bonds is 2. The summed E-state index contributed by atoms with van der Waals surface area (Å²) in [7, 11) is 0. The number of nitrogens with one attached hydrogen (secondary N) is 2. The maximum Gasteiger partial charge on any atom is 0.161 e. The summed E-state index contributed by atoms with van der Waals surface area (Å²) < 4.78 is 0. The van der Waals surface area contributed by atoms with E-state index in [1.165, 1.54) is 0 Å². The topological polar surface area (TPSA) is 91.5 Å². The first-order valence-electron chi connectivity index (χ1n) is 10.2. The van der Waals surface area contributed by atoms with Gasteiger partial charge in [0, 0.05) is 44.9 Å². The molecular formula is C24H22N4O2. The van der Waals surface area contributed by atoms with Crippen LogP contribution in [0.15, 0.2) is 36.4 Å². The van der Waals surface area contributed by atoms with Crippen molar-refractivity contribution in [2.45, 2.75) is 39.5 Å². The summed E-state index contributed by atoms with van der Waals surface area (Å²) in [6, 6.07) is 11.7. The van der Waals surface area contributed by atoms with Gasteiger partial charge in [0.1, 0.15) is 0 Å². The Balaban J connectivity index is 1.86. The van der Waals surface area contributed by atoms with Crippen LogP contribution < -0.4 is 0 Å². The number of ketones is 2. The Kier molecular flexibility index (Phi) is 4.35. The van der Waals surface area contributed by atoms with Crippen LogP contribution in [0.25, 0.3) is 22.1 Å². The SMILES string of the molecule is CC(=O)c1cc2cc3nc(cc4[nH]c(cc5nc(cc1[nH]2)CC5)cc4C(C)=O)CC3. The maximum absolute atomic E-state index is 12.1. The molecule has 0 fully saturated rings. The Morgan fingerprint density at radius 1 is 0.633 bits per heavy atom. The van der Waals surface area contributed by atoms with Crippen molar-refractivity contribution >= 4 is 33.6 Å². The van der Waals surface area contributed by atoms with Gasteiger partial charge in [-0.2, -0.15) is 0 Å². The summed E-state index contributed by atoms with van der Waals surface area (Å²) in [5.41, 5.74) is 8.40. The number of carbonyl (C=O) groups is 2. The van der Waals surface area contributed by atoms with Gasteiger partial charge in [-0.25, -0.2) is 0 Å². The van der Waals surface area contributed by atoms with Gasteiger partial charge in [-0.15, -0.1) is 0 Å². The van der Waals surface area contributed by atoms with Gasteiger partial charge in [0.2, 0.25) is 0 Å². The van der Waals surface area contributed by atoms with E-state index in [1.54, 1.807) is 13.8 Å². The minimum Gasteiger partial charge on any atom is -0.355 e. The lowest BCUT2D eigenvalue weighted by atomic mass is 10.1. The number of Topliss-reactive ketones (excluding diaryl/α,β-unsaturated/α-hetero) is 2. The molecule has 0 saturated heterocycles. The van der Waals surface area contributed by atoms with Crippen molar-refractivity contribution in [3.63, 3.8) is 0 Å². The van der Waals surface area contributed by atoms with Crippen LogP contribution in [0.3, 0.4) is 0 Å². The average Bonchev–Trinajstić information content (AvgIpc) is 3.44. The summed E-state index contributed by atoms with van der Waals surface area (Å²) in [5.74, 6) is 0.0440.